The molecule has 0 radical (unpaired) electrons. The number of hydrazine groups is 1. The molecule has 0 saturated carbocycles. The van der Waals surface area contributed by atoms with Crippen LogP contribution < -0.4 is 16.0 Å². The van der Waals surface area contributed by atoms with Gasteiger partial charge in [-0.2, -0.15) is 0 Å². The third-order valence-corrected chi connectivity index (χ3v) is 3.01. The highest BCUT2D eigenvalue weighted by Gasteiger charge is 2.21. The Morgan fingerprint density at radius 2 is 1.67 bits per heavy atom. The van der Waals surface area contributed by atoms with Crippen LogP contribution in [0, 0.1) is 23.3 Å². The maximum atomic E-state index is 13.4. The number of hydrogen-bond acceptors (Lipinski definition) is 3. The Labute approximate surface area is 118 Å². The van der Waals surface area contributed by atoms with E-state index in [-0.39, 0.29) is 16.9 Å². The zero-order chi connectivity index (χ0) is 15.6. The minimum absolute atomic E-state index is 0.00204. The molecule has 0 aliphatic rings. The molecule has 1 atom stereocenters. The molecule has 2 aromatic rings. The summed E-state index contributed by atoms with van der Waals surface area (Å²) in [6.07, 6.45) is 0. The van der Waals surface area contributed by atoms with Crippen molar-refractivity contribution in [3.05, 3.63) is 64.7 Å². The summed E-state index contributed by atoms with van der Waals surface area (Å²) in [5.74, 6) is 0.771. The van der Waals surface area contributed by atoms with Crippen LogP contribution >= 0.6 is 0 Å². The summed E-state index contributed by atoms with van der Waals surface area (Å²) in [5.41, 5.74) is 2.53. The van der Waals surface area contributed by atoms with Crippen LogP contribution in [0.1, 0.15) is 17.2 Å². The van der Waals surface area contributed by atoms with Gasteiger partial charge in [0.05, 0.1) is 13.2 Å². The zero-order valence-electron chi connectivity index (χ0n) is 11.0. The third kappa shape index (κ3) is 2.98. The Kier molecular flexibility index (Phi) is 4.44. The van der Waals surface area contributed by atoms with Crippen LogP contribution in [-0.4, -0.2) is 7.11 Å². The summed E-state index contributed by atoms with van der Waals surface area (Å²) in [7, 11) is 1.36. The quantitative estimate of drug-likeness (QED) is 0.395. The molecule has 21 heavy (non-hydrogen) atoms. The van der Waals surface area contributed by atoms with Gasteiger partial charge in [-0.15, -0.1) is 0 Å². The van der Waals surface area contributed by atoms with E-state index in [0.717, 1.165) is 18.2 Å². The van der Waals surface area contributed by atoms with Crippen molar-refractivity contribution < 1.29 is 22.3 Å². The lowest BCUT2D eigenvalue weighted by atomic mass is 9.98. The van der Waals surface area contributed by atoms with E-state index in [4.69, 9.17) is 10.6 Å². The normalized spacial score (nSPS) is 12.3. The Morgan fingerprint density at radius 1 is 1.05 bits per heavy atom. The van der Waals surface area contributed by atoms with Crippen LogP contribution in [0.15, 0.2) is 30.3 Å². The fourth-order valence-electron chi connectivity index (χ4n) is 2.04. The Bertz CT molecular complexity index is 640. The van der Waals surface area contributed by atoms with Crippen molar-refractivity contribution in [1.29, 1.82) is 0 Å². The van der Waals surface area contributed by atoms with Crippen molar-refractivity contribution in [3.8, 4) is 5.75 Å². The van der Waals surface area contributed by atoms with Crippen molar-refractivity contribution in [1.82, 2.24) is 5.43 Å². The Balaban J connectivity index is 2.57. The molecule has 2 aromatic carbocycles. The first-order valence-electron chi connectivity index (χ1n) is 5.92. The summed E-state index contributed by atoms with van der Waals surface area (Å²) in [6.45, 7) is 0. The number of ether oxygens (including phenoxy) is 1. The lowest BCUT2D eigenvalue weighted by Crippen LogP contribution is -2.29. The van der Waals surface area contributed by atoms with Gasteiger partial charge in [0.25, 0.3) is 0 Å². The average molecular weight is 300 g/mol. The number of halogens is 4. The van der Waals surface area contributed by atoms with Crippen molar-refractivity contribution in [2.45, 2.75) is 6.04 Å². The largest absolute Gasteiger partial charge is 0.496 e. The number of nitrogens with two attached hydrogens (primary N) is 1. The summed E-state index contributed by atoms with van der Waals surface area (Å²) in [6, 6.07) is 4.23. The predicted octanol–water partition coefficient (Wildman–Crippen LogP) is 2.80. The molecule has 0 amide bonds. The molecule has 0 aromatic heterocycles. The van der Waals surface area contributed by atoms with E-state index in [1.54, 1.807) is 0 Å². The maximum Gasteiger partial charge on any atom is 0.194 e. The topological polar surface area (TPSA) is 47.3 Å². The fraction of sp³-hybridized carbons (Fsp3) is 0.143. The van der Waals surface area contributed by atoms with Crippen molar-refractivity contribution in [3.63, 3.8) is 0 Å². The molecule has 0 heterocycles. The summed E-state index contributed by atoms with van der Waals surface area (Å²) >= 11 is 0. The minimum atomic E-state index is -1.58. The van der Waals surface area contributed by atoms with Gasteiger partial charge in [-0.1, -0.05) is 0 Å². The van der Waals surface area contributed by atoms with Crippen LogP contribution in [0.4, 0.5) is 17.6 Å². The molecule has 0 spiro atoms. The van der Waals surface area contributed by atoms with Gasteiger partial charge >= 0.3 is 0 Å². The van der Waals surface area contributed by atoms with Crippen molar-refractivity contribution in [2.75, 3.05) is 7.11 Å². The average Bonchev–Trinajstić information content (AvgIpc) is 2.46. The zero-order valence-corrected chi connectivity index (χ0v) is 11.0. The van der Waals surface area contributed by atoms with E-state index >= 15 is 0 Å². The van der Waals surface area contributed by atoms with Gasteiger partial charge in [-0.3, -0.25) is 5.84 Å². The molecule has 0 aliphatic heterocycles. The van der Waals surface area contributed by atoms with E-state index in [1.165, 1.54) is 19.2 Å². The molecule has 112 valence electrons. The van der Waals surface area contributed by atoms with Gasteiger partial charge in [0.2, 0.25) is 0 Å². The van der Waals surface area contributed by atoms with Crippen LogP contribution in [0.5, 0.6) is 5.75 Å². The van der Waals surface area contributed by atoms with E-state index in [9.17, 15) is 17.6 Å². The van der Waals surface area contributed by atoms with Gasteiger partial charge in [0.1, 0.15) is 11.6 Å². The van der Waals surface area contributed by atoms with E-state index in [0.29, 0.717) is 0 Å². The second-order valence-corrected chi connectivity index (χ2v) is 4.28. The fourth-order valence-corrected chi connectivity index (χ4v) is 2.04. The molecule has 3 nitrogen and oxygen atoms in total. The molecule has 0 aliphatic carbocycles. The van der Waals surface area contributed by atoms with Crippen LogP contribution in [0.25, 0.3) is 0 Å². The van der Waals surface area contributed by atoms with E-state index in [2.05, 4.69) is 5.43 Å². The first-order valence-corrected chi connectivity index (χ1v) is 5.92. The number of benzene rings is 2. The predicted molar refractivity (Wildman–Crippen MR) is 68.4 cm³/mol. The summed E-state index contributed by atoms with van der Waals surface area (Å²) in [5, 5.41) is 0. The monoisotopic (exact) mass is 300 g/mol. The molecule has 3 N–H and O–H groups in total. The lowest BCUT2D eigenvalue weighted by Gasteiger charge is -2.20. The van der Waals surface area contributed by atoms with Crippen molar-refractivity contribution >= 4 is 0 Å². The molecular weight excluding hydrogens is 288 g/mol. The SMILES string of the molecule is COc1ccc(F)cc1C(NN)c1cc(F)c(F)c(F)c1. The van der Waals surface area contributed by atoms with Crippen LogP contribution in [0.3, 0.4) is 0 Å². The van der Waals surface area contributed by atoms with Crippen LogP contribution in [0.2, 0.25) is 0 Å². The first kappa shape index (κ1) is 15.3. The lowest BCUT2D eigenvalue weighted by molar-refractivity contribution is 0.401. The Morgan fingerprint density at radius 3 is 2.19 bits per heavy atom. The Hall–Kier alpha value is -2.12. The smallest absolute Gasteiger partial charge is 0.194 e. The highest BCUT2D eigenvalue weighted by atomic mass is 19.2. The number of rotatable bonds is 4. The van der Waals surface area contributed by atoms with Gasteiger partial charge in [-0.05, 0) is 35.9 Å². The molecule has 1 unspecified atom stereocenters. The van der Waals surface area contributed by atoms with Gasteiger partial charge in [0, 0.05) is 5.56 Å². The summed E-state index contributed by atoms with van der Waals surface area (Å²) < 4.78 is 58.1. The maximum absolute atomic E-state index is 13.4. The standard InChI is InChI=1S/C14H12F4N2O/c1-21-12-3-2-8(15)6-9(12)14(20-19)7-4-10(16)13(18)11(17)5-7/h2-6,14,20H,19H2,1H3. The highest BCUT2D eigenvalue weighted by Crippen LogP contribution is 2.31. The van der Waals surface area contributed by atoms with E-state index in [1.807, 2.05) is 0 Å². The molecule has 2 rings (SSSR count). The second-order valence-electron chi connectivity index (χ2n) is 4.28. The first-order chi connectivity index (χ1) is 9.97. The molecular formula is C14H12F4N2O. The second kappa shape index (κ2) is 6.11. The molecule has 0 fully saturated rings. The number of hydrogen-bond donors (Lipinski definition) is 2. The highest BCUT2D eigenvalue weighted by molar-refractivity contribution is 5.42. The van der Waals surface area contributed by atoms with Crippen LogP contribution in [-0.2, 0) is 0 Å². The van der Waals surface area contributed by atoms with Gasteiger partial charge < -0.3 is 4.74 Å². The molecule has 0 saturated heterocycles. The van der Waals surface area contributed by atoms with E-state index < -0.39 is 29.3 Å². The molecule has 7 heteroatoms. The number of methoxy groups -OCH3 is 1. The third-order valence-electron chi connectivity index (χ3n) is 3.01. The van der Waals surface area contributed by atoms with Crippen molar-refractivity contribution in [2.24, 2.45) is 5.84 Å². The van der Waals surface area contributed by atoms with Gasteiger partial charge in [0.15, 0.2) is 17.5 Å². The summed E-state index contributed by atoms with van der Waals surface area (Å²) in [4.78, 5) is 0. The number of nitrogens with one attached hydrogen (secondary N) is 1. The molecule has 0 bridgehead atoms. The minimum Gasteiger partial charge on any atom is -0.496 e. The van der Waals surface area contributed by atoms with Gasteiger partial charge in [-0.25, -0.2) is 23.0 Å².